The van der Waals surface area contributed by atoms with Crippen molar-refractivity contribution in [1.29, 1.82) is 0 Å². The first-order chi connectivity index (χ1) is 11.7. The molecule has 0 saturated heterocycles. The molecule has 0 heterocycles. The first-order valence-electron chi connectivity index (χ1n) is 7.84. The van der Waals surface area contributed by atoms with Crippen LogP contribution < -0.4 is 9.62 Å². The molecule has 2 aromatic carbocycles. The smallest absolute Gasteiger partial charge is 0.245 e. The van der Waals surface area contributed by atoms with Gasteiger partial charge in [-0.2, -0.15) is 0 Å². The van der Waals surface area contributed by atoms with E-state index in [0.717, 1.165) is 25.3 Å². The van der Waals surface area contributed by atoms with E-state index in [1.54, 1.807) is 12.1 Å². The van der Waals surface area contributed by atoms with Crippen molar-refractivity contribution in [2.45, 2.75) is 20.3 Å². The molecule has 1 amide bonds. The Morgan fingerprint density at radius 3 is 2.48 bits per heavy atom. The number of para-hydroxylation sites is 1. The Balaban J connectivity index is 2.27. The minimum absolute atomic E-state index is 0.263. The quantitative estimate of drug-likeness (QED) is 0.654. The number of nitrogens with one attached hydrogen (secondary N) is 1. The van der Waals surface area contributed by atoms with Crippen LogP contribution >= 0.6 is 22.6 Å². The summed E-state index contributed by atoms with van der Waals surface area (Å²) >= 11 is 2.20. The third kappa shape index (κ3) is 5.18. The van der Waals surface area contributed by atoms with E-state index in [4.69, 9.17) is 0 Å². The molecule has 0 radical (unpaired) electrons. The summed E-state index contributed by atoms with van der Waals surface area (Å²) in [5, 5.41) is 2.80. The molecule has 0 atom stereocenters. The lowest BCUT2D eigenvalue weighted by Crippen LogP contribution is -2.38. The maximum Gasteiger partial charge on any atom is 0.245 e. The highest BCUT2D eigenvalue weighted by atomic mass is 127. The average Bonchev–Trinajstić information content (AvgIpc) is 2.54. The second-order valence-electron chi connectivity index (χ2n) is 5.76. The third-order valence-corrected chi connectivity index (χ3v) is 5.59. The monoisotopic (exact) mass is 472 g/mol. The topological polar surface area (TPSA) is 66.5 Å². The zero-order valence-electron chi connectivity index (χ0n) is 14.4. The number of carbonyl (C=O) groups is 1. The SMILES string of the molecule is CCc1ccccc1N(CC(=O)Nc1ccc(I)cc1C)S(C)(=O)=O. The molecule has 0 fully saturated rings. The van der Waals surface area contributed by atoms with Gasteiger partial charge in [-0.15, -0.1) is 0 Å². The Labute approximate surface area is 162 Å². The average molecular weight is 472 g/mol. The molecule has 0 bridgehead atoms. The highest BCUT2D eigenvalue weighted by molar-refractivity contribution is 14.1. The van der Waals surface area contributed by atoms with Crippen LogP contribution in [-0.2, 0) is 21.2 Å². The van der Waals surface area contributed by atoms with Crippen molar-refractivity contribution >= 4 is 49.9 Å². The Bertz CT molecular complexity index is 882. The highest BCUT2D eigenvalue weighted by Gasteiger charge is 2.23. The summed E-state index contributed by atoms with van der Waals surface area (Å²) in [7, 11) is -3.58. The summed E-state index contributed by atoms with van der Waals surface area (Å²) in [6.07, 6.45) is 1.79. The van der Waals surface area contributed by atoms with Crippen molar-refractivity contribution in [2.24, 2.45) is 0 Å². The Kier molecular flexibility index (Phi) is 6.45. The molecule has 0 aromatic heterocycles. The second-order valence-corrected chi connectivity index (χ2v) is 8.91. The van der Waals surface area contributed by atoms with Crippen LogP contribution in [0, 0.1) is 10.5 Å². The summed E-state index contributed by atoms with van der Waals surface area (Å²) in [4.78, 5) is 12.5. The molecular formula is C18H21IN2O3S. The lowest BCUT2D eigenvalue weighted by Gasteiger charge is -2.24. The van der Waals surface area contributed by atoms with E-state index in [2.05, 4.69) is 27.9 Å². The number of halogens is 1. The second kappa shape index (κ2) is 8.18. The van der Waals surface area contributed by atoms with Crippen molar-refractivity contribution in [3.05, 3.63) is 57.2 Å². The number of aryl methyl sites for hydroxylation is 2. The number of sulfonamides is 1. The zero-order chi connectivity index (χ0) is 18.6. The molecule has 0 aliphatic carbocycles. The van der Waals surface area contributed by atoms with Crippen LogP contribution in [0.2, 0.25) is 0 Å². The van der Waals surface area contributed by atoms with E-state index in [0.29, 0.717) is 17.8 Å². The molecular weight excluding hydrogens is 451 g/mol. The minimum Gasteiger partial charge on any atom is -0.324 e. The van der Waals surface area contributed by atoms with Gasteiger partial charge in [0.1, 0.15) is 6.54 Å². The van der Waals surface area contributed by atoms with Gasteiger partial charge in [-0.3, -0.25) is 9.10 Å². The van der Waals surface area contributed by atoms with Gasteiger partial charge in [0.2, 0.25) is 15.9 Å². The molecule has 5 nitrogen and oxygen atoms in total. The number of hydrogen-bond acceptors (Lipinski definition) is 3. The van der Waals surface area contributed by atoms with Gasteiger partial charge >= 0.3 is 0 Å². The summed E-state index contributed by atoms with van der Waals surface area (Å²) < 4.78 is 26.7. The fraction of sp³-hybridized carbons (Fsp3) is 0.278. The van der Waals surface area contributed by atoms with Crippen LogP contribution in [0.15, 0.2) is 42.5 Å². The first kappa shape index (κ1) is 19.7. The van der Waals surface area contributed by atoms with Crippen LogP contribution in [0.3, 0.4) is 0 Å². The lowest BCUT2D eigenvalue weighted by molar-refractivity contribution is -0.114. The standard InChI is InChI=1S/C18H21IN2O3S/c1-4-14-7-5-6-8-17(14)21(25(3,23)24)12-18(22)20-16-10-9-15(19)11-13(16)2/h5-11H,4,12H2,1-3H3,(H,20,22). The van der Waals surface area contributed by atoms with Crippen LogP contribution in [-0.4, -0.2) is 27.1 Å². The van der Waals surface area contributed by atoms with Crippen LogP contribution in [0.25, 0.3) is 0 Å². The van der Waals surface area contributed by atoms with E-state index in [1.807, 2.05) is 44.2 Å². The van der Waals surface area contributed by atoms with Gasteiger partial charge in [0.25, 0.3) is 0 Å². The van der Waals surface area contributed by atoms with Crippen molar-refractivity contribution < 1.29 is 13.2 Å². The largest absolute Gasteiger partial charge is 0.324 e. The number of rotatable bonds is 6. The molecule has 0 aliphatic heterocycles. The number of anilines is 2. The molecule has 134 valence electrons. The van der Waals surface area contributed by atoms with Crippen LogP contribution in [0.5, 0.6) is 0 Å². The first-order valence-corrected chi connectivity index (χ1v) is 10.8. The van der Waals surface area contributed by atoms with E-state index >= 15 is 0 Å². The predicted molar refractivity (Wildman–Crippen MR) is 111 cm³/mol. The minimum atomic E-state index is -3.58. The Morgan fingerprint density at radius 2 is 1.88 bits per heavy atom. The van der Waals surface area contributed by atoms with Gasteiger partial charge in [0.15, 0.2) is 0 Å². The number of nitrogens with zero attached hydrogens (tertiary/aromatic N) is 1. The van der Waals surface area contributed by atoms with Crippen molar-refractivity contribution in [3.63, 3.8) is 0 Å². The van der Waals surface area contributed by atoms with E-state index in [1.165, 1.54) is 0 Å². The van der Waals surface area contributed by atoms with E-state index in [-0.39, 0.29) is 12.5 Å². The molecule has 2 rings (SSSR count). The van der Waals surface area contributed by atoms with Gasteiger partial charge in [0, 0.05) is 9.26 Å². The Morgan fingerprint density at radius 1 is 1.20 bits per heavy atom. The maximum atomic E-state index is 12.5. The maximum absolute atomic E-state index is 12.5. The van der Waals surface area contributed by atoms with Gasteiger partial charge in [0.05, 0.1) is 11.9 Å². The summed E-state index contributed by atoms with van der Waals surface area (Å²) in [5.74, 6) is -0.374. The number of hydrogen-bond donors (Lipinski definition) is 1. The molecule has 0 unspecified atom stereocenters. The number of benzene rings is 2. The summed E-state index contributed by atoms with van der Waals surface area (Å²) in [6.45, 7) is 3.59. The molecule has 7 heteroatoms. The summed E-state index contributed by atoms with van der Waals surface area (Å²) in [6, 6.07) is 12.9. The zero-order valence-corrected chi connectivity index (χ0v) is 17.4. The van der Waals surface area contributed by atoms with Gasteiger partial charge < -0.3 is 5.32 Å². The van der Waals surface area contributed by atoms with Crippen LogP contribution in [0.4, 0.5) is 11.4 Å². The van der Waals surface area contributed by atoms with Gasteiger partial charge in [-0.25, -0.2) is 8.42 Å². The molecule has 0 spiro atoms. The van der Waals surface area contributed by atoms with E-state index < -0.39 is 10.0 Å². The molecule has 25 heavy (non-hydrogen) atoms. The van der Waals surface area contributed by atoms with E-state index in [9.17, 15) is 13.2 Å². The molecule has 0 saturated carbocycles. The number of amides is 1. The lowest BCUT2D eigenvalue weighted by atomic mass is 10.1. The predicted octanol–water partition coefficient (Wildman–Crippen LogP) is 3.57. The van der Waals surface area contributed by atoms with Crippen molar-refractivity contribution in [3.8, 4) is 0 Å². The molecule has 2 aromatic rings. The normalized spacial score (nSPS) is 11.2. The summed E-state index contributed by atoms with van der Waals surface area (Å²) in [5.41, 5.74) is 3.04. The molecule has 0 aliphatic rings. The van der Waals surface area contributed by atoms with Crippen molar-refractivity contribution in [1.82, 2.24) is 0 Å². The third-order valence-electron chi connectivity index (χ3n) is 3.79. The number of carbonyl (C=O) groups excluding carboxylic acids is 1. The van der Waals surface area contributed by atoms with Gasteiger partial charge in [-0.1, -0.05) is 25.1 Å². The fourth-order valence-corrected chi connectivity index (χ4v) is 4.06. The van der Waals surface area contributed by atoms with Gasteiger partial charge in [-0.05, 0) is 71.3 Å². The highest BCUT2D eigenvalue weighted by Crippen LogP contribution is 2.24. The van der Waals surface area contributed by atoms with Crippen molar-refractivity contribution in [2.75, 3.05) is 22.4 Å². The fourth-order valence-electron chi connectivity index (χ4n) is 2.52. The van der Waals surface area contributed by atoms with Crippen LogP contribution in [0.1, 0.15) is 18.1 Å². The molecule has 1 N–H and O–H groups in total. The Hall–Kier alpha value is -1.61.